The van der Waals surface area contributed by atoms with E-state index in [2.05, 4.69) is 5.32 Å². The molecule has 1 amide bonds. The molecule has 0 saturated carbocycles. The molecule has 1 N–H and O–H groups in total. The van der Waals surface area contributed by atoms with Gasteiger partial charge in [0.15, 0.2) is 0 Å². The number of hydrogen-bond acceptors (Lipinski definition) is 2. The predicted molar refractivity (Wildman–Crippen MR) is 50.3 cm³/mol. The van der Waals surface area contributed by atoms with Gasteiger partial charge < -0.3 is 10.1 Å². The number of halogens is 3. The van der Waals surface area contributed by atoms with E-state index >= 15 is 0 Å². The molecule has 0 atom stereocenters. The van der Waals surface area contributed by atoms with Crippen LogP contribution in [-0.2, 0) is 17.4 Å². The van der Waals surface area contributed by atoms with E-state index in [1.807, 2.05) is 0 Å². The molecular weight excluding hydrogens is 223 g/mol. The highest BCUT2D eigenvalue weighted by molar-refractivity contribution is 6.00. The van der Waals surface area contributed by atoms with E-state index in [4.69, 9.17) is 4.74 Å². The van der Waals surface area contributed by atoms with E-state index < -0.39 is 11.7 Å². The number of alkyl halides is 3. The molecular formula is C10H8F3NO2. The lowest BCUT2D eigenvalue weighted by atomic mass is 10.1. The molecule has 1 aromatic rings. The Morgan fingerprint density at radius 1 is 1.38 bits per heavy atom. The average Bonchev–Trinajstić information content (AvgIpc) is 2.54. The second-order valence-corrected chi connectivity index (χ2v) is 3.43. The van der Waals surface area contributed by atoms with Gasteiger partial charge in [-0.05, 0) is 12.1 Å². The van der Waals surface area contributed by atoms with Gasteiger partial charge in [-0.25, -0.2) is 0 Å². The minimum Gasteiger partial charge on any atom is -0.496 e. The Hall–Kier alpha value is -1.72. The van der Waals surface area contributed by atoms with Crippen molar-refractivity contribution in [3.8, 4) is 5.75 Å². The zero-order valence-corrected chi connectivity index (χ0v) is 8.31. The first kappa shape index (κ1) is 10.8. The molecule has 0 aromatic heterocycles. The van der Waals surface area contributed by atoms with Gasteiger partial charge in [0.2, 0.25) is 5.91 Å². The van der Waals surface area contributed by atoms with Gasteiger partial charge in [0.1, 0.15) is 5.75 Å². The third kappa shape index (κ3) is 1.70. The summed E-state index contributed by atoms with van der Waals surface area (Å²) < 4.78 is 42.4. The van der Waals surface area contributed by atoms with Crippen molar-refractivity contribution in [3.63, 3.8) is 0 Å². The number of rotatable bonds is 1. The molecule has 6 heteroatoms. The summed E-state index contributed by atoms with van der Waals surface area (Å²) in [6, 6.07) is 1.82. The second kappa shape index (κ2) is 3.40. The van der Waals surface area contributed by atoms with Crippen molar-refractivity contribution in [3.05, 3.63) is 23.3 Å². The Balaban J connectivity index is 2.55. The molecule has 1 aliphatic heterocycles. The van der Waals surface area contributed by atoms with Crippen LogP contribution < -0.4 is 10.1 Å². The van der Waals surface area contributed by atoms with E-state index in [-0.39, 0.29) is 23.8 Å². The highest BCUT2D eigenvalue weighted by Gasteiger charge is 2.34. The molecule has 0 saturated heterocycles. The molecule has 0 fully saturated rings. The van der Waals surface area contributed by atoms with Crippen LogP contribution in [0.15, 0.2) is 12.1 Å². The van der Waals surface area contributed by atoms with E-state index in [9.17, 15) is 18.0 Å². The van der Waals surface area contributed by atoms with Crippen LogP contribution in [0.2, 0.25) is 0 Å². The summed E-state index contributed by atoms with van der Waals surface area (Å²) in [5, 5.41) is 2.37. The predicted octanol–water partition coefficient (Wildman–Crippen LogP) is 2.21. The van der Waals surface area contributed by atoms with Crippen LogP contribution in [0.5, 0.6) is 5.75 Å². The van der Waals surface area contributed by atoms with Crippen molar-refractivity contribution >= 4 is 11.6 Å². The zero-order chi connectivity index (χ0) is 11.9. The van der Waals surface area contributed by atoms with Crippen molar-refractivity contribution in [2.75, 3.05) is 12.4 Å². The standard InChI is InChI=1S/C10H8F3NO2/c1-16-8-3-5(10(11,12)13)2-7-6(8)4-9(15)14-7/h2-3H,4H2,1H3,(H,14,15). The van der Waals surface area contributed by atoms with Crippen LogP contribution in [0.1, 0.15) is 11.1 Å². The van der Waals surface area contributed by atoms with Crippen LogP contribution in [0, 0.1) is 0 Å². The van der Waals surface area contributed by atoms with Gasteiger partial charge in [-0.1, -0.05) is 0 Å². The van der Waals surface area contributed by atoms with Crippen molar-refractivity contribution in [2.24, 2.45) is 0 Å². The lowest BCUT2D eigenvalue weighted by Crippen LogP contribution is -2.06. The van der Waals surface area contributed by atoms with Gasteiger partial charge in [-0.2, -0.15) is 13.2 Å². The Morgan fingerprint density at radius 2 is 2.06 bits per heavy atom. The van der Waals surface area contributed by atoms with Gasteiger partial charge in [0, 0.05) is 11.3 Å². The largest absolute Gasteiger partial charge is 0.496 e. The van der Waals surface area contributed by atoms with Crippen LogP contribution >= 0.6 is 0 Å². The number of anilines is 1. The SMILES string of the molecule is COc1cc(C(F)(F)F)cc2c1CC(=O)N2. The van der Waals surface area contributed by atoms with Gasteiger partial charge in [-0.3, -0.25) is 4.79 Å². The number of hydrogen-bond donors (Lipinski definition) is 1. The number of carbonyl (C=O) groups excluding carboxylic acids is 1. The second-order valence-electron chi connectivity index (χ2n) is 3.43. The maximum absolute atomic E-state index is 12.5. The zero-order valence-electron chi connectivity index (χ0n) is 8.31. The summed E-state index contributed by atoms with van der Waals surface area (Å²) >= 11 is 0. The molecule has 3 nitrogen and oxygen atoms in total. The third-order valence-corrected chi connectivity index (χ3v) is 2.37. The number of fused-ring (bicyclic) bond motifs is 1. The Morgan fingerprint density at radius 3 is 2.62 bits per heavy atom. The first-order valence-corrected chi connectivity index (χ1v) is 4.50. The summed E-state index contributed by atoms with van der Waals surface area (Å²) in [7, 11) is 1.28. The van der Waals surface area contributed by atoms with Crippen LogP contribution in [-0.4, -0.2) is 13.0 Å². The molecule has 0 spiro atoms. The molecule has 0 bridgehead atoms. The Kier molecular flexibility index (Phi) is 2.29. The average molecular weight is 231 g/mol. The van der Waals surface area contributed by atoms with Crippen molar-refractivity contribution in [2.45, 2.75) is 12.6 Å². The molecule has 0 aliphatic carbocycles. The van der Waals surface area contributed by atoms with E-state index in [0.717, 1.165) is 12.1 Å². The number of benzene rings is 1. The van der Waals surface area contributed by atoms with E-state index in [1.54, 1.807) is 0 Å². The van der Waals surface area contributed by atoms with Crippen molar-refractivity contribution in [1.29, 1.82) is 0 Å². The number of nitrogens with one attached hydrogen (secondary N) is 1. The molecule has 0 unspecified atom stereocenters. The highest BCUT2D eigenvalue weighted by Crippen LogP contribution is 2.39. The monoisotopic (exact) mass is 231 g/mol. The maximum Gasteiger partial charge on any atom is 0.416 e. The normalized spacial score (nSPS) is 14.6. The lowest BCUT2D eigenvalue weighted by Gasteiger charge is -2.12. The fourth-order valence-corrected chi connectivity index (χ4v) is 1.64. The number of methoxy groups -OCH3 is 1. The minimum atomic E-state index is -4.45. The fraction of sp³-hybridized carbons (Fsp3) is 0.300. The first-order chi connectivity index (χ1) is 7.41. The van der Waals surface area contributed by atoms with Gasteiger partial charge in [0.05, 0.1) is 19.1 Å². The molecule has 1 heterocycles. The summed E-state index contributed by atoms with van der Waals surface area (Å²) in [6.07, 6.45) is -4.40. The fourth-order valence-electron chi connectivity index (χ4n) is 1.64. The summed E-state index contributed by atoms with van der Waals surface area (Å²) in [5.41, 5.74) is -0.178. The molecule has 16 heavy (non-hydrogen) atoms. The van der Waals surface area contributed by atoms with Crippen LogP contribution in [0.4, 0.5) is 18.9 Å². The Bertz CT molecular complexity index is 454. The quantitative estimate of drug-likeness (QED) is 0.804. The third-order valence-electron chi connectivity index (χ3n) is 2.37. The Labute approximate surface area is 89.2 Å². The van der Waals surface area contributed by atoms with Crippen LogP contribution in [0.25, 0.3) is 0 Å². The lowest BCUT2D eigenvalue weighted by molar-refractivity contribution is -0.137. The maximum atomic E-state index is 12.5. The van der Waals surface area contributed by atoms with Gasteiger partial charge >= 0.3 is 6.18 Å². The first-order valence-electron chi connectivity index (χ1n) is 4.50. The smallest absolute Gasteiger partial charge is 0.416 e. The van der Waals surface area contributed by atoms with E-state index in [1.165, 1.54) is 7.11 Å². The number of carbonyl (C=O) groups is 1. The summed E-state index contributed by atoms with van der Waals surface area (Å²) in [5.74, 6) is -0.240. The highest BCUT2D eigenvalue weighted by atomic mass is 19.4. The minimum absolute atomic E-state index is 0.0522. The van der Waals surface area contributed by atoms with Gasteiger partial charge in [0.25, 0.3) is 0 Å². The van der Waals surface area contributed by atoms with E-state index in [0.29, 0.717) is 5.56 Å². The van der Waals surface area contributed by atoms with Crippen molar-refractivity contribution < 1.29 is 22.7 Å². The molecule has 1 aliphatic rings. The molecule has 1 aromatic carbocycles. The molecule has 0 radical (unpaired) electrons. The van der Waals surface area contributed by atoms with Crippen molar-refractivity contribution in [1.82, 2.24) is 0 Å². The summed E-state index contributed by atoms with van der Waals surface area (Å²) in [4.78, 5) is 11.1. The number of amides is 1. The van der Waals surface area contributed by atoms with Crippen LogP contribution in [0.3, 0.4) is 0 Å². The van der Waals surface area contributed by atoms with Gasteiger partial charge in [-0.15, -0.1) is 0 Å². The topological polar surface area (TPSA) is 38.3 Å². The number of ether oxygens (including phenoxy) is 1. The summed E-state index contributed by atoms with van der Waals surface area (Å²) in [6.45, 7) is 0. The molecule has 86 valence electrons. The molecule has 2 rings (SSSR count).